The van der Waals surface area contributed by atoms with Crippen molar-refractivity contribution in [3.8, 4) is 11.5 Å². The molecule has 0 aromatic heterocycles. The fourth-order valence-corrected chi connectivity index (χ4v) is 2.94. The highest BCUT2D eigenvalue weighted by molar-refractivity contribution is 14.0. The van der Waals surface area contributed by atoms with Gasteiger partial charge in [-0.25, -0.2) is 0 Å². The van der Waals surface area contributed by atoms with Crippen LogP contribution in [0.2, 0.25) is 0 Å². The van der Waals surface area contributed by atoms with Crippen LogP contribution in [0, 0.1) is 5.92 Å². The molecule has 0 bridgehead atoms. The third-order valence-electron chi connectivity index (χ3n) is 4.37. The van der Waals surface area contributed by atoms with Gasteiger partial charge in [0, 0.05) is 44.8 Å². The lowest BCUT2D eigenvalue weighted by Crippen LogP contribution is -2.37. The summed E-state index contributed by atoms with van der Waals surface area (Å²) in [7, 11) is 1.65. The quantitative estimate of drug-likeness (QED) is 0.182. The maximum atomic E-state index is 12.8. The monoisotopic (exact) mass is 543 g/mol. The molecule has 1 unspecified atom stereocenters. The number of alkyl halides is 2. The van der Waals surface area contributed by atoms with Gasteiger partial charge < -0.3 is 29.6 Å². The molecule has 1 fully saturated rings. The SMILES string of the molecule is CCOc1cccc(CNC(=NC)NCCCOCC2CCOC2)c1OC(F)F.I. The van der Waals surface area contributed by atoms with Crippen molar-refractivity contribution in [1.29, 1.82) is 0 Å². The number of nitrogens with zero attached hydrogens (tertiary/aromatic N) is 1. The second-order valence-corrected chi connectivity index (χ2v) is 6.57. The second-order valence-electron chi connectivity index (χ2n) is 6.57. The lowest BCUT2D eigenvalue weighted by Gasteiger charge is -2.17. The Hall–Kier alpha value is -1.40. The summed E-state index contributed by atoms with van der Waals surface area (Å²) >= 11 is 0. The second kappa shape index (κ2) is 15.4. The maximum Gasteiger partial charge on any atom is 0.387 e. The van der Waals surface area contributed by atoms with Crippen LogP contribution in [-0.4, -0.2) is 59.2 Å². The van der Waals surface area contributed by atoms with Crippen molar-refractivity contribution < 1.29 is 27.7 Å². The van der Waals surface area contributed by atoms with E-state index in [1.165, 1.54) is 0 Å². The number of halogens is 3. The van der Waals surface area contributed by atoms with Crippen LogP contribution in [0.1, 0.15) is 25.3 Å². The van der Waals surface area contributed by atoms with Crippen LogP contribution in [0.3, 0.4) is 0 Å². The molecule has 0 amide bonds. The molecule has 1 aliphatic heterocycles. The van der Waals surface area contributed by atoms with Crippen molar-refractivity contribution in [2.45, 2.75) is 32.9 Å². The zero-order valence-electron chi connectivity index (χ0n) is 17.5. The van der Waals surface area contributed by atoms with Crippen molar-refractivity contribution in [2.24, 2.45) is 10.9 Å². The van der Waals surface area contributed by atoms with Gasteiger partial charge in [0.25, 0.3) is 0 Å². The number of hydrogen-bond acceptors (Lipinski definition) is 5. The molecule has 0 spiro atoms. The van der Waals surface area contributed by atoms with Crippen LogP contribution < -0.4 is 20.1 Å². The van der Waals surface area contributed by atoms with Crippen LogP contribution in [-0.2, 0) is 16.0 Å². The Balaban J connectivity index is 0.00000450. The molecule has 2 rings (SSSR count). The Morgan fingerprint density at radius 2 is 2.17 bits per heavy atom. The van der Waals surface area contributed by atoms with E-state index in [4.69, 9.17) is 14.2 Å². The average molecular weight is 543 g/mol. The van der Waals surface area contributed by atoms with Gasteiger partial charge in [-0.15, -0.1) is 24.0 Å². The predicted molar refractivity (Wildman–Crippen MR) is 122 cm³/mol. The van der Waals surface area contributed by atoms with Crippen molar-refractivity contribution in [3.05, 3.63) is 23.8 Å². The number of ether oxygens (including phenoxy) is 4. The van der Waals surface area contributed by atoms with Crippen LogP contribution >= 0.6 is 24.0 Å². The first kappa shape index (κ1) is 26.6. The average Bonchev–Trinajstić information content (AvgIpc) is 3.22. The van der Waals surface area contributed by atoms with Gasteiger partial charge in [0.05, 0.1) is 19.8 Å². The van der Waals surface area contributed by atoms with E-state index < -0.39 is 6.61 Å². The summed E-state index contributed by atoms with van der Waals surface area (Å²) in [4.78, 5) is 4.15. The molecule has 2 N–H and O–H groups in total. The summed E-state index contributed by atoms with van der Waals surface area (Å²) in [6.45, 7) is 3.17. The van der Waals surface area contributed by atoms with Crippen LogP contribution in [0.5, 0.6) is 11.5 Å². The Labute approximate surface area is 193 Å². The molecule has 0 saturated carbocycles. The normalized spacial score (nSPS) is 16.3. The van der Waals surface area contributed by atoms with Gasteiger partial charge in [-0.05, 0) is 25.8 Å². The van der Waals surface area contributed by atoms with E-state index in [1.807, 2.05) is 0 Å². The lowest BCUT2D eigenvalue weighted by molar-refractivity contribution is -0.0520. The minimum Gasteiger partial charge on any atom is -0.490 e. The Morgan fingerprint density at radius 3 is 2.83 bits per heavy atom. The number of nitrogens with one attached hydrogen (secondary N) is 2. The first-order valence-electron chi connectivity index (χ1n) is 9.93. The third-order valence-corrected chi connectivity index (χ3v) is 4.37. The van der Waals surface area contributed by atoms with Crippen molar-refractivity contribution >= 4 is 29.9 Å². The van der Waals surface area contributed by atoms with Crippen LogP contribution in [0.4, 0.5) is 8.78 Å². The van der Waals surface area contributed by atoms with Gasteiger partial charge >= 0.3 is 6.61 Å². The van der Waals surface area contributed by atoms with Gasteiger partial charge in [0.2, 0.25) is 0 Å². The first-order chi connectivity index (χ1) is 14.1. The van der Waals surface area contributed by atoms with E-state index in [1.54, 1.807) is 32.2 Å². The Morgan fingerprint density at radius 1 is 1.33 bits per heavy atom. The van der Waals surface area contributed by atoms with Gasteiger partial charge in [-0.3, -0.25) is 4.99 Å². The number of rotatable bonds is 12. The molecular formula is C20H32F2IN3O4. The fraction of sp³-hybridized carbons (Fsp3) is 0.650. The molecule has 1 aromatic carbocycles. The standard InChI is InChI=1S/C20H31F2N3O4.HI/c1-3-28-17-7-4-6-16(18(17)29-19(21)22)12-25-20(23-2)24-9-5-10-26-13-15-8-11-27-14-15;/h4,6-7,15,19H,3,5,8-14H2,1-2H3,(H2,23,24,25);1H. The zero-order valence-corrected chi connectivity index (χ0v) is 19.8. The van der Waals surface area contributed by atoms with E-state index in [-0.39, 0.29) is 36.3 Å². The number of benzene rings is 1. The first-order valence-corrected chi connectivity index (χ1v) is 9.93. The molecule has 1 atom stereocenters. The minimum atomic E-state index is -2.93. The third kappa shape index (κ3) is 9.61. The number of aliphatic imine (C=N–C) groups is 1. The van der Waals surface area contributed by atoms with E-state index in [0.29, 0.717) is 42.9 Å². The number of para-hydroxylation sites is 1. The van der Waals surface area contributed by atoms with Gasteiger partial charge in [-0.2, -0.15) is 8.78 Å². The van der Waals surface area contributed by atoms with Crippen molar-refractivity contribution in [1.82, 2.24) is 10.6 Å². The zero-order chi connectivity index (χ0) is 20.9. The van der Waals surface area contributed by atoms with Gasteiger partial charge in [0.1, 0.15) is 0 Å². The van der Waals surface area contributed by atoms with E-state index in [0.717, 1.165) is 32.7 Å². The molecule has 172 valence electrons. The summed E-state index contributed by atoms with van der Waals surface area (Å²) < 4.78 is 46.7. The summed E-state index contributed by atoms with van der Waals surface area (Å²) in [5, 5.41) is 6.29. The van der Waals surface area contributed by atoms with Crippen LogP contribution in [0.15, 0.2) is 23.2 Å². The number of hydrogen-bond donors (Lipinski definition) is 2. The molecular weight excluding hydrogens is 511 g/mol. The van der Waals surface area contributed by atoms with E-state index in [2.05, 4.69) is 20.4 Å². The summed E-state index contributed by atoms with van der Waals surface area (Å²) in [5.74, 6) is 1.41. The molecule has 1 saturated heterocycles. The molecule has 1 aromatic rings. The molecule has 1 aliphatic rings. The minimum absolute atomic E-state index is 0. The molecule has 0 radical (unpaired) electrons. The van der Waals surface area contributed by atoms with Crippen LogP contribution in [0.25, 0.3) is 0 Å². The molecule has 30 heavy (non-hydrogen) atoms. The topological polar surface area (TPSA) is 73.3 Å². The highest BCUT2D eigenvalue weighted by Gasteiger charge is 2.16. The lowest BCUT2D eigenvalue weighted by atomic mass is 10.1. The molecule has 1 heterocycles. The molecule has 10 heteroatoms. The highest BCUT2D eigenvalue weighted by Crippen LogP contribution is 2.32. The molecule has 0 aliphatic carbocycles. The smallest absolute Gasteiger partial charge is 0.387 e. The highest BCUT2D eigenvalue weighted by atomic mass is 127. The maximum absolute atomic E-state index is 12.8. The summed E-state index contributed by atoms with van der Waals surface area (Å²) in [6, 6.07) is 5.06. The Kier molecular flexibility index (Phi) is 13.7. The van der Waals surface area contributed by atoms with Gasteiger partial charge in [-0.1, -0.05) is 12.1 Å². The summed E-state index contributed by atoms with van der Waals surface area (Å²) in [5.41, 5.74) is 0.557. The fourth-order valence-electron chi connectivity index (χ4n) is 2.94. The van der Waals surface area contributed by atoms with E-state index in [9.17, 15) is 8.78 Å². The van der Waals surface area contributed by atoms with E-state index >= 15 is 0 Å². The van der Waals surface area contributed by atoms with Crippen molar-refractivity contribution in [3.63, 3.8) is 0 Å². The number of guanidine groups is 1. The molecule has 7 nitrogen and oxygen atoms in total. The van der Waals surface area contributed by atoms with Gasteiger partial charge in [0.15, 0.2) is 17.5 Å². The summed E-state index contributed by atoms with van der Waals surface area (Å²) in [6.07, 6.45) is 1.89. The predicted octanol–water partition coefficient (Wildman–Crippen LogP) is 3.41. The Bertz CT molecular complexity index is 632. The van der Waals surface area contributed by atoms with Crippen molar-refractivity contribution in [2.75, 3.05) is 46.6 Å². The largest absolute Gasteiger partial charge is 0.490 e.